The molecule has 3 saturated heterocycles. The van der Waals surface area contributed by atoms with E-state index in [9.17, 15) is 19.5 Å². The Morgan fingerprint density at radius 1 is 0.825 bits per heavy atom. The molecule has 6 atom stereocenters. The molecule has 3 aromatic carbocycles. The van der Waals surface area contributed by atoms with Crippen LogP contribution in [0.4, 0.5) is 11.4 Å². The number of phenolic OH excluding ortho intramolecular Hbond substituents is 1. The van der Waals surface area contributed by atoms with E-state index in [-0.39, 0.29) is 29.0 Å². The van der Waals surface area contributed by atoms with Crippen LogP contribution in [0, 0.1) is 24.7 Å². The summed E-state index contributed by atoms with van der Waals surface area (Å²) in [5.41, 5.74) is 3.26. The highest BCUT2D eigenvalue weighted by atomic mass is 16.5. The minimum atomic E-state index is -0.705. The smallest absolute Gasteiger partial charge is 0.240 e. The number of carbonyl (C=O) groups is 2. The molecule has 0 saturated carbocycles. The normalized spacial score (nSPS) is 28.4. The highest BCUT2D eigenvalue weighted by Gasteiger charge is 2.72. The van der Waals surface area contributed by atoms with E-state index in [1.165, 1.54) is 23.3 Å². The van der Waals surface area contributed by atoms with Crippen molar-refractivity contribution >= 4 is 39.9 Å². The SMILES string of the molecule is Cc1ccc2occ(C3=NN(c4ccccc4)C4C5OC(C6C(=O)N(c7ccc(O)cc7)C(=O)C56)C34)c(=O)c2c1. The van der Waals surface area contributed by atoms with Gasteiger partial charge in [0.25, 0.3) is 0 Å². The lowest BCUT2D eigenvalue weighted by Crippen LogP contribution is -2.50. The summed E-state index contributed by atoms with van der Waals surface area (Å²) in [6.45, 7) is 1.91. The summed E-state index contributed by atoms with van der Waals surface area (Å²) in [6, 6.07) is 20.6. The Kier molecular flexibility index (Phi) is 4.70. The molecule has 2 amide bonds. The van der Waals surface area contributed by atoms with E-state index in [2.05, 4.69) is 0 Å². The van der Waals surface area contributed by atoms with Crippen LogP contribution in [0.25, 0.3) is 11.0 Å². The number of fused-ring (bicyclic) bond motifs is 9. The van der Waals surface area contributed by atoms with Crippen molar-refractivity contribution in [3.63, 3.8) is 0 Å². The number of imide groups is 1. The maximum absolute atomic E-state index is 13.8. The fraction of sp³-hybridized carbons (Fsp3) is 0.226. The third-order valence-electron chi connectivity index (χ3n) is 8.62. The Labute approximate surface area is 227 Å². The second-order valence-electron chi connectivity index (χ2n) is 10.8. The Morgan fingerprint density at radius 3 is 2.30 bits per heavy atom. The lowest BCUT2D eigenvalue weighted by atomic mass is 9.70. The molecule has 40 heavy (non-hydrogen) atoms. The standard InChI is InChI=1S/C31H23N3O6/c1-15-7-12-21-19(13-15)27(36)20(14-39-21)25-24-26(34(32-25)17-5-3-2-4-6-17)29-23-22(28(24)40-29)30(37)33(31(23)38)16-8-10-18(35)11-9-16/h2-14,22-24,26,28-29,35H,1H3. The summed E-state index contributed by atoms with van der Waals surface area (Å²) >= 11 is 0. The molecule has 198 valence electrons. The van der Waals surface area contributed by atoms with E-state index < -0.39 is 30.0 Å². The third kappa shape index (κ3) is 3.00. The van der Waals surface area contributed by atoms with Crippen molar-refractivity contribution in [1.82, 2.24) is 0 Å². The number of para-hydroxylation sites is 1. The van der Waals surface area contributed by atoms with Gasteiger partial charge in [-0.2, -0.15) is 5.10 Å². The van der Waals surface area contributed by atoms with Gasteiger partial charge in [0.15, 0.2) is 0 Å². The number of anilines is 2. The molecular formula is C31H23N3O6. The fourth-order valence-electron chi connectivity index (χ4n) is 6.93. The molecule has 3 fully saturated rings. The number of phenols is 1. The Balaban J connectivity index is 1.26. The average molecular weight is 534 g/mol. The molecule has 0 radical (unpaired) electrons. The summed E-state index contributed by atoms with van der Waals surface area (Å²) in [4.78, 5) is 42.5. The van der Waals surface area contributed by atoms with Gasteiger partial charge in [-0.25, -0.2) is 4.90 Å². The van der Waals surface area contributed by atoms with Gasteiger partial charge in [0.1, 0.15) is 17.6 Å². The van der Waals surface area contributed by atoms with E-state index in [1.807, 2.05) is 48.3 Å². The summed E-state index contributed by atoms with van der Waals surface area (Å²) in [6.07, 6.45) is 0.200. The number of benzene rings is 3. The van der Waals surface area contributed by atoms with Gasteiger partial charge >= 0.3 is 0 Å². The molecule has 4 aromatic rings. The molecule has 9 heteroatoms. The first-order valence-electron chi connectivity index (χ1n) is 13.2. The number of hydrogen-bond acceptors (Lipinski definition) is 8. The van der Waals surface area contributed by atoms with E-state index in [0.29, 0.717) is 27.9 Å². The molecule has 4 aliphatic rings. The first-order chi connectivity index (χ1) is 19.4. The topological polar surface area (TPSA) is 113 Å². The van der Waals surface area contributed by atoms with Gasteiger partial charge in [-0.1, -0.05) is 29.8 Å². The van der Waals surface area contributed by atoms with Crippen molar-refractivity contribution in [2.75, 3.05) is 9.91 Å². The predicted molar refractivity (Wildman–Crippen MR) is 146 cm³/mol. The van der Waals surface area contributed by atoms with Crippen molar-refractivity contribution in [2.24, 2.45) is 22.9 Å². The molecule has 1 N–H and O–H groups in total. The number of rotatable bonds is 3. The Morgan fingerprint density at radius 2 is 1.55 bits per heavy atom. The van der Waals surface area contributed by atoms with Crippen LogP contribution < -0.4 is 15.3 Å². The van der Waals surface area contributed by atoms with Crippen molar-refractivity contribution in [3.05, 3.63) is 100 Å². The van der Waals surface area contributed by atoms with Gasteiger partial charge in [0, 0.05) is 0 Å². The highest BCUT2D eigenvalue weighted by molar-refractivity contribution is 6.23. The van der Waals surface area contributed by atoms with E-state index in [4.69, 9.17) is 14.3 Å². The zero-order chi connectivity index (χ0) is 27.3. The molecule has 9 nitrogen and oxygen atoms in total. The molecule has 0 spiro atoms. The number of nitrogens with zero attached hydrogens (tertiary/aromatic N) is 3. The fourth-order valence-corrected chi connectivity index (χ4v) is 6.93. The summed E-state index contributed by atoms with van der Waals surface area (Å²) in [7, 11) is 0. The number of carbonyl (C=O) groups excluding carboxylic acids is 2. The van der Waals surface area contributed by atoms with E-state index >= 15 is 0 Å². The van der Waals surface area contributed by atoms with Crippen LogP contribution in [-0.4, -0.2) is 40.9 Å². The number of amides is 2. The average Bonchev–Trinajstić information content (AvgIpc) is 3.70. The van der Waals surface area contributed by atoms with Gasteiger partial charge in [0.2, 0.25) is 17.2 Å². The molecule has 0 aliphatic carbocycles. The largest absolute Gasteiger partial charge is 0.508 e. The Bertz CT molecular complexity index is 1810. The van der Waals surface area contributed by atoms with Crippen LogP contribution in [0.1, 0.15) is 11.1 Å². The van der Waals surface area contributed by atoms with Crippen LogP contribution >= 0.6 is 0 Å². The van der Waals surface area contributed by atoms with E-state index in [1.54, 1.807) is 24.3 Å². The first kappa shape index (κ1) is 23.2. The minimum absolute atomic E-state index is 0.0461. The summed E-state index contributed by atoms with van der Waals surface area (Å²) in [5.74, 6) is -2.43. The second kappa shape index (κ2) is 8.12. The molecule has 4 aliphatic heterocycles. The lowest BCUT2D eigenvalue weighted by molar-refractivity contribution is -0.125. The number of hydrogen-bond donors (Lipinski definition) is 1. The highest BCUT2D eigenvalue weighted by Crippen LogP contribution is 2.56. The van der Waals surface area contributed by atoms with Gasteiger partial charge < -0.3 is 14.3 Å². The predicted octanol–water partition coefficient (Wildman–Crippen LogP) is 3.60. The molecule has 6 unspecified atom stereocenters. The molecule has 8 rings (SSSR count). The summed E-state index contributed by atoms with van der Waals surface area (Å²) < 4.78 is 12.3. The van der Waals surface area contributed by atoms with E-state index in [0.717, 1.165) is 11.3 Å². The molecule has 1 aromatic heterocycles. The van der Waals surface area contributed by atoms with Crippen LogP contribution in [0.15, 0.2) is 93.4 Å². The number of aromatic hydroxyl groups is 1. The molecular weight excluding hydrogens is 510 g/mol. The van der Waals surface area contributed by atoms with Crippen molar-refractivity contribution in [1.29, 1.82) is 0 Å². The second-order valence-corrected chi connectivity index (χ2v) is 10.8. The Hall–Kier alpha value is -4.76. The van der Waals surface area contributed by atoms with Crippen molar-refractivity contribution < 1.29 is 23.8 Å². The van der Waals surface area contributed by atoms with Gasteiger partial charge in [-0.15, -0.1) is 0 Å². The van der Waals surface area contributed by atoms with Gasteiger partial charge in [0.05, 0.1) is 64.0 Å². The van der Waals surface area contributed by atoms with Gasteiger partial charge in [-0.05, 0) is 55.5 Å². The number of ether oxygens (including phenoxy) is 1. The van der Waals surface area contributed by atoms with Gasteiger partial charge in [-0.3, -0.25) is 19.4 Å². The monoisotopic (exact) mass is 533 g/mol. The quantitative estimate of drug-likeness (QED) is 0.401. The maximum Gasteiger partial charge on any atom is 0.240 e. The first-order valence-corrected chi connectivity index (χ1v) is 13.2. The van der Waals surface area contributed by atoms with Crippen LogP contribution in [0.2, 0.25) is 0 Å². The zero-order valence-corrected chi connectivity index (χ0v) is 21.3. The van der Waals surface area contributed by atoms with Crippen molar-refractivity contribution in [2.45, 2.75) is 25.2 Å². The third-order valence-corrected chi connectivity index (χ3v) is 8.62. The summed E-state index contributed by atoms with van der Waals surface area (Å²) in [5, 5.41) is 17.0. The van der Waals surface area contributed by atoms with Crippen LogP contribution in [-0.2, 0) is 14.3 Å². The van der Waals surface area contributed by atoms with Crippen LogP contribution in [0.5, 0.6) is 5.75 Å². The molecule has 5 heterocycles. The lowest BCUT2D eigenvalue weighted by Gasteiger charge is -2.32. The van der Waals surface area contributed by atoms with Crippen molar-refractivity contribution in [3.8, 4) is 5.75 Å². The number of hydrazone groups is 1. The minimum Gasteiger partial charge on any atom is -0.508 e. The maximum atomic E-state index is 13.8. The number of aryl methyl sites for hydroxylation is 1. The molecule has 2 bridgehead atoms. The zero-order valence-electron chi connectivity index (χ0n) is 21.3. The van der Waals surface area contributed by atoms with Crippen LogP contribution in [0.3, 0.4) is 0 Å².